The molecule has 14 heteroatoms. The maximum Gasteiger partial charge on any atom is 0.420 e. The molecule has 2 aromatic heterocycles. The number of carbonyl (C=O) groups is 4. The van der Waals surface area contributed by atoms with Crippen LogP contribution < -0.4 is 10.9 Å². The van der Waals surface area contributed by atoms with E-state index in [9.17, 15) is 28.4 Å². The summed E-state index contributed by atoms with van der Waals surface area (Å²) in [7, 11) is 6.11. The first kappa shape index (κ1) is 31.5. The summed E-state index contributed by atoms with van der Waals surface area (Å²) in [6.45, 7) is 1.51. The van der Waals surface area contributed by atoms with Crippen LogP contribution in [0.1, 0.15) is 25.6 Å². The van der Waals surface area contributed by atoms with Crippen molar-refractivity contribution in [3.8, 4) is 0 Å². The Hall–Kier alpha value is -5.01. The summed E-state index contributed by atoms with van der Waals surface area (Å²) in [4.78, 5) is 70.0. The Morgan fingerprint density at radius 3 is 2.52 bits per heavy atom. The Kier molecular flexibility index (Phi) is 10.5. The quantitative estimate of drug-likeness (QED) is 0.358. The van der Waals surface area contributed by atoms with Gasteiger partial charge in [0, 0.05) is 40.5 Å². The fraction of sp³-hybridized carbons (Fsp3) is 0.357. The number of pyridine rings is 1. The first-order valence-electron chi connectivity index (χ1n) is 13.0. The van der Waals surface area contributed by atoms with Gasteiger partial charge >= 0.3 is 12.2 Å². The van der Waals surface area contributed by atoms with Gasteiger partial charge in [0.05, 0.1) is 24.2 Å². The van der Waals surface area contributed by atoms with E-state index in [0.29, 0.717) is 5.52 Å². The smallest absolute Gasteiger partial charge is 0.420 e. The molecule has 2 heterocycles. The Morgan fingerprint density at radius 1 is 1.12 bits per heavy atom. The Morgan fingerprint density at radius 2 is 1.86 bits per heavy atom. The summed E-state index contributed by atoms with van der Waals surface area (Å²) in [6, 6.07) is 6.61. The maximum atomic E-state index is 13.8. The number of rotatable bonds is 10. The number of nitrogens with one attached hydrogen (secondary N) is 1. The molecule has 1 unspecified atom stereocenters. The lowest BCUT2D eigenvalue weighted by Crippen LogP contribution is -2.37. The molecule has 1 N–H and O–H groups in total. The van der Waals surface area contributed by atoms with Crippen LogP contribution in [0.3, 0.4) is 0 Å². The summed E-state index contributed by atoms with van der Waals surface area (Å²) in [5.41, 5.74) is -0.248. The number of ether oxygens (including phenoxy) is 2. The van der Waals surface area contributed by atoms with Crippen LogP contribution in [0.15, 0.2) is 53.5 Å². The molecule has 0 saturated carbocycles. The highest BCUT2D eigenvalue weighted by atomic mass is 19.1. The van der Waals surface area contributed by atoms with Crippen molar-refractivity contribution in [1.29, 1.82) is 0 Å². The van der Waals surface area contributed by atoms with Gasteiger partial charge in [0.1, 0.15) is 17.3 Å². The summed E-state index contributed by atoms with van der Waals surface area (Å²) in [6.07, 6.45) is 1.85. The molecule has 13 nitrogen and oxygen atoms in total. The number of fused-ring (bicyclic) bond motifs is 1. The largest absolute Gasteiger partial charge is 0.449 e. The zero-order valence-corrected chi connectivity index (χ0v) is 24.0. The normalized spacial score (nSPS) is 11.8. The van der Waals surface area contributed by atoms with E-state index in [1.807, 2.05) is 0 Å². The molecule has 0 spiro atoms. The number of benzene rings is 1. The predicted octanol–water partition coefficient (Wildman–Crippen LogP) is 2.82. The van der Waals surface area contributed by atoms with E-state index in [-0.39, 0.29) is 48.9 Å². The van der Waals surface area contributed by atoms with E-state index in [1.54, 1.807) is 27.1 Å². The number of hydrogen-bond acceptors (Lipinski definition) is 8. The lowest BCUT2D eigenvalue weighted by Gasteiger charge is -2.19. The van der Waals surface area contributed by atoms with Gasteiger partial charge in [-0.1, -0.05) is 6.08 Å². The number of likely N-dealkylation sites (N-methyl/N-ethyl adjacent to an activating group) is 1. The Balaban J connectivity index is 1.86. The molecule has 0 aliphatic rings. The second kappa shape index (κ2) is 14.1. The van der Waals surface area contributed by atoms with Gasteiger partial charge in [-0.05, 0) is 50.1 Å². The number of allylic oxidation sites excluding steroid dienone is 1. The highest BCUT2D eigenvalue weighted by molar-refractivity contribution is 5.95. The Bertz CT molecular complexity index is 1560. The van der Waals surface area contributed by atoms with Gasteiger partial charge < -0.3 is 29.2 Å². The van der Waals surface area contributed by atoms with Gasteiger partial charge in [-0.15, -0.1) is 0 Å². The zero-order chi connectivity index (χ0) is 31.0. The number of imidazole rings is 1. The third-order valence-corrected chi connectivity index (χ3v) is 5.92. The topological polar surface area (TPSA) is 145 Å². The van der Waals surface area contributed by atoms with Crippen LogP contribution in [-0.2, 0) is 25.6 Å². The average Bonchev–Trinajstić information content (AvgIpc) is 3.29. The second-order valence-electron chi connectivity index (χ2n) is 9.52. The molecule has 3 amide bonds. The SMILES string of the molecule is CCOC(=O)n1c(Cn2cccc(NC(=O)C(CC/C=C/C(=O)N(C)C)OC(=O)N(C)C)c2=O)nc2cc(F)ccc21. The minimum atomic E-state index is -1.27. The van der Waals surface area contributed by atoms with Crippen LogP contribution in [0.4, 0.5) is 19.7 Å². The van der Waals surface area contributed by atoms with Gasteiger partial charge in [-0.3, -0.25) is 14.4 Å². The van der Waals surface area contributed by atoms with Crippen molar-refractivity contribution in [3.05, 3.63) is 70.7 Å². The van der Waals surface area contributed by atoms with E-state index < -0.39 is 35.6 Å². The molecular formula is C28H33FN6O7. The van der Waals surface area contributed by atoms with Crippen LogP contribution in [0.2, 0.25) is 0 Å². The van der Waals surface area contributed by atoms with Crippen LogP contribution in [-0.4, -0.2) is 88.8 Å². The van der Waals surface area contributed by atoms with Crippen molar-refractivity contribution < 1.29 is 33.0 Å². The minimum Gasteiger partial charge on any atom is -0.449 e. The van der Waals surface area contributed by atoms with Gasteiger partial charge in [0.25, 0.3) is 11.5 Å². The first-order valence-corrected chi connectivity index (χ1v) is 13.0. The van der Waals surface area contributed by atoms with Crippen molar-refractivity contribution in [1.82, 2.24) is 23.9 Å². The molecule has 0 aliphatic carbocycles. The standard InChI is InChI=1S/C28H33FN6O7/c1-6-41-28(40)35-21-14-13-18(29)16-20(21)30-23(35)17-34-15-9-10-19(26(34)38)31-25(37)22(42-27(39)33(4)5)11-7-8-12-24(36)32(2)3/h8-10,12-16,22H,6-7,11,17H2,1-5H3,(H,31,37)/b12-8+. The fourth-order valence-electron chi connectivity index (χ4n) is 3.77. The zero-order valence-electron chi connectivity index (χ0n) is 24.0. The average molecular weight is 585 g/mol. The van der Waals surface area contributed by atoms with E-state index >= 15 is 0 Å². The van der Waals surface area contributed by atoms with Crippen molar-refractivity contribution in [2.24, 2.45) is 0 Å². The lowest BCUT2D eigenvalue weighted by atomic mass is 10.1. The summed E-state index contributed by atoms with van der Waals surface area (Å²) < 4.78 is 26.6. The second-order valence-corrected chi connectivity index (χ2v) is 9.52. The summed E-state index contributed by atoms with van der Waals surface area (Å²) >= 11 is 0. The van der Waals surface area contributed by atoms with Gasteiger partial charge in [-0.25, -0.2) is 23.5 Å². The number of amides is 3. The molecule has 3 aromatic rings. The molecule has 1 atom stereocenters. The Labute approximate surface area is 241 Å². The molecule has 0 fully saturated rings. The monoisotopic (exact) mass is 584 g/mol. The molecule has 3 rings (SSSR count). The van der Waals surface area contributed by atoms with Crippen LogP contribution in [0.5, 0.6) is 0 Å². The first-order chi connectivity index (χ1) is 19.9. The number of hydrogen-bond donors (Lipinski definition) is 1. The minimum absolute atomic E-state index is 0.0454. The van der Waals surface area contributed by atoms with Gasteiger partial charge in [0.15, 0.2) is 6.10 Å². The van der Waals surface area contributed by atoms with E-state index in [4.69, 9.17) is 9.47 Å². The summed E-state index contributed by atoms with van der Waals surface area (Å²) in [5, 5.41) is 2.50. The van der Waals surface area contributed by atoms with Crippen molar-refractivity contribution in [3.63, 3.8) is 0 Å². The highest BCUT2D eigenvalue weighted by Gasteiger charge is 2.25. The molecule has 1 aromatic carbocycles. The number of nitrogens with zero attached hydrogens (tertiary/aromatic N) is 5. The number of carbonyl (C=O) groups excluding carboxylic acids is 4. The maximum absolute atomic E-state index is 13.8. The summed E-state index contributed by atoms with van der Waals surface area (Å²) in [5.74, 6) is -1.43. The van der Waals surface area contributed by atoms with Crippen molar-refractivity contribution in [2.75, 3.05) is 40.1 Å². The number of aromatic nitrogens is 3. The molecule has 224 valence electrons. The highest BCUT2D eigenvalue weighted by Crippen LogP contribution is 2.19. The van der Waals surface area contributed by atoms with Crippen LogP contribution >= 0.6 is 0 Å². The number of anilines is 1. The number of halogens is 1. The van der Waals surface area contributed by atoms with E-state index in [0.717, 1.165) is 15.5 Å². The third kappa shape index (κ3) is 7.80. The van der Waals surface area contributed by atoms with E-state index in [1.165, 1.54) is 60.1 Å². The van der Waals surface area contributed by atoms with Crippen molar-refractivity contribution >= 4 is 40.7 Å². The van der Waals surface area contributed by atoms with Gasteiger partial charge in [-0.2, -0.15) is 0 Å². The molecular weight excluding hydrogens is 551 g/mol. The predicted molar refractivity (Wildman–Crippen MR) is 152 cm³/mol. The van der Waals surface area contributed by atoms with Crippen molar-refractivity contribution in [2.45, 2.75) is 32.4 Å². The molecule has 0 bridgehead atoms. The molecule has 0 saturated heterocycles. The van der Waals surface area contributed by atoms with Crippen LogP contribution in [0.25, 0.3) is 11.0 Å². The van der Waals surface area contributed by atoms with Crippen LogP contribution in [0, 0.1) is 5.82 Å². The molecule has 0 aliphatic heterocycles. The molecule has 42 heavy (non-hydrogen) atoms. The third-order valence-electron chi connectivity index (χ3n) is 5.92. The van der Waals surface area contributed by atoms with E-state index in [2.05, 4.69) is 10.3 Å². The lowest BCUT2D eigenvalue weighted by molar-refractivity contribution is -0.125. The van der Waals surface area contributed by atoms with Gasteiger partial charge in [0.2, 0.25) is 5.91 Å². The molecule has 0 radical (unpaired) electrons. The fourth-order valence-corrected chi connectivity index (χ4v) is 3.77.